The first-order valence-electron chi connectivity index (χ1n) is 8.71. The lowest BCUT2D eigenvalue weighted by Crippen LogP contribution is -2.47. The Morgan fingerprint density at radius 1 is 1.32 bits per heavy atom. The quantitative estimate of drug-likeness (QED) is 0.670. The molecule has 1 aliphatic heterocycles. The van der Waals surface area contributed by atoms with Crippen molar-refractivity contribution in [1.82, 2.24) is 4.90 Å². The van der Waals surface area contributed by atoms with E-state index in [1.54, 1.807) is 17.9 Å². The highest BCUT2D eigenvalue weighted by atomic mass is 16.6. The van der Waals surface area contributed by atoms with E-state index in [1.807, 2.05) is 39.0 Å². The molecular formula is C19H28N2O4. The fourth-order valence-electron chi connectivity index (χ4n) is 3.10. The molecule has 0 aromatic heterocycles. The molecule has 2 N–H and O–H groups in total. The molecule has 6 nitrogen and oxygen atoms in total. The molecule has 1 aromatic rings. The Hall–Kier alpha value is -2.24. The van der Waals surface area contributed by atoms with E-state index in [1.165, 1.54) is 0 Å². The Morgan fingerprint density at radius 2 is 2.04 bits per heavy atom. The molecule has 0 radical (unpaired) electrons. The van der Waals surface area contributed by atoms with E-state index in [-0.39, 0.29) is 23.9 Å². The average molecular weight is 348 g/mol. The molecule has 1 amide bonds. The zero-order chi connectivity index (χ0) is 18.6. The number of nitrogen functional groups attached to an aromatic ring is 1. The third-order valence-electron chi connectivity index (χ3n) is 4.19. The molecule has 0 spiro atoms. The summed E-state index contributed by atoms with van der Waals surface area (Å²) in [6.07, 6.45) is 0.182. The van der Waals surface area contributed by atoms with Crippen LogP contribution in [-0.4, -0.2) is 42.3 Å². The molecule has 0 bridgehead atoms. The number of benzene rings is 1. The van der Waals surface area contributed by atoms with Crippen LogP contribution in [0.25, 0.3) is 0 Å². The predicted octanol–water partition coefficient (Wildman–Crippen LogP) is 3.17. The highest BCUT2D eigenvalue weighted by molar-refractivity contribution is 5.75. The van der Waals surface area contributed by atoms with E-state index < -0.39 is 5.60 Å². The number of likely N-dealkylation sites (tertiary alicyclic amines) is 1. The molecule has 1 fully saturated rings. The maximum Gasteiger partial charge on any atom is 0.410 e. The number of hydrogen-bond donors (Lipinski definition) is 1. The fraction of sp³-hybridized carbons (Fsp3) is 0.579. The van der Waals surface area contributed by atoms with Crippen LogP contribution in [0.5, 0.6) is 0 Å². The molecule has 6 heteroatoms. The average Bonchev–Trinajstić information content (AvgIpc) is 2.53. The Morgan fingerprint density at radius 3 is 2.64 bits per heavy atom. The van der Waals surface area contributed by atoms with E-state index >= 15 is 0 Å². The second-order valence-corrected chi connectivity index (χ2v) is 7.35. The maximum absolute atomic E-state index is 12.4. The van der Waals surface area contributed by atoms with Crippen molar-refractivity contribution in [3.05, 3.63) is 29.8 Å². The van der Waals surface area contributed by atoms with Gasteiger partial charge in [-0.1, -0.05) is 12.1 Å². The lowest BCUT2D eigenvalue weighted by atomic mass is 9.80. The van der Waals surface area contributed by atoms with Gasteiger partial charge in [0.15, 0.2) is 0 Å². The monoisotopic (exact) mass is 348 g/mol. The van der Waals surface area contributed by atoms with Crippen LogP contribution < -0.4 is 5.73 Å². The Bertz CT molecular complexity index is 624. The zero-order valence-corrected chi connectivity index (χ0v) is 15.5. The topological polar surface area (TPSA) is 81.9 Å². The van der Waals surface area contributed by atoms with E-state index in [0.717, 1.165) is 5.56 Å². The minimum Gasteiger partial charge on any atom is -0.466 e. The molecule has 25 heavy (non-hydrogen) atoms. The Balaban J connectivity index is 2.23. The minimum absolute atomic E-state index is 0.163. The van der Waals surface area contributed by atoms with Crippen LogP contribution in [0.3, 0.4) is 0 Å². The van der Waals surface area contributed by atoms with Crippen molar-refractivity contribution in [3.63, 3.8) is 0 Å². The van der Waals surface area contributed by atoms with Crippen LogP contribution in [0.2, 0.25) is 0 Å². The SMILES string of the molecule is CCOC(=O)[C@H]1CCN(C(=O)OC(C)(C)C)C[C@H]1c1cccc(N)c1. The van der Waals surface area contributed by atoms with Gasteiger partial charge in [-0.3, -0.25) is 4.79 Å². The van der Waals surface area contributed by atoms with Crippen molar-refractivity contribution in [2.75, 3.05) is 25.4 Å². The number of anilines is 1. The largest absolute Gasteiger partial charge is 0.466 e. The molecule has 138 valence electrons. The predicted molar refractivity (Wildman–Crippen MR) is 96.1 cm³/mol. The van der Waals surface area contributed by atoms with Crippen LogP contribution >= 0.6 is 0 Å². The molecule has 1 aromatic carbocycles. The van der Waals surface area contributed by atoms with E-state index in [2.05, 4.69) is 0 Å². The number of nitrogens with zero attached hydrogens (tertiary/aromatic N) is 1. The lowest BCUT2D eigenvalue weighted by molar-refractivity contribution is -0.150. The smallest absolute Gasteiger partial charge is 0.410 e. The number of carbonyl (C=O) groups excluding carboxylic acids is 2. The van der Waals surface area contributed by atoms with Crippen molar-refractivity contribution in [2.24, 2.45) is 5.92 Å². The van der Waals surface area contributed by atoms with Gasteiger partial charge >= 0.3 is 12.1 Å². The second kappa shape index (κ2) is 7.76. The summed E-state index contributed by atoms with van der Waals surface area (Å²) >= 11 is 0. The highest BCUT2D eigenvalue weighted by Gasteiger charge is 2.38. The molecule has 0 saturated carbocycles. The van der Waals surface area contributed by atoms with Gasteiger partial charge in [0.2, 0.25) is 0 Å². The maximum atomic E-state index is 12.4. The number of hydrogen-bond acceptors (Lipinski definition) is 5. The molecular weight excluding hydrogens is 320 g/mol. The molecule has 2 rings (SSSR count). The first kappa shape index (κ1) is 19.1. The van der Waals surface area contributed by atoms with E-state index in [4.69, 9.17) is 15.2 Å². The van der Waals surface area contributed by atoms with Crippen molar-refractivity contribution in [2.45, 2.75) is 45.6 Å². The van der Waals surface area contributed by atoms with Gasteiger partial charge in [-0.15, -0.1) is 0 Å². The minimum atomic E-state index is -0.554. The van der Waals surface area contributed by atoms with Crippen molar-refractivity contribution >= 4 is 17.7 Å². The summed E-state index contributed by atoms with van der Waals surface area (Å²) in [5.74, 6) is -0.678. The van der Waals surface area contributed by atoms with Crippen LogP contribution in [0.1, 0.15) is 45.6 Å². The number of rotatable bonds is 3. The van der Waals surface area contributed by atoms with E-state index in [9.17, 15) is 9.59 Å². The molecule has 1 heterocycles. The third-order valence-corrected chi connectivity index (χ3v) is 4.19. The highest BCUT2D eigenvalue weighted by Crippen LogP contribution is 2.34. The summed E-state index contributed by atoms with van der Waals surface area (Å²) in [5, 5.41) is 0. The van der Waals surface area contributed by atoms with Crippen molar-refractivity contribution in [3.8, 4) is 0 Å². The van der Waals surface area contributed by atoms with Crippen molar-refractivity contribution in [1.29, 1.82) is 0 Å². The summed E-state index contributed by atoms with van der Waals surface area (Å²) in [6, 6.07) is 7.46. The standard InChI is InChI=1S/C19H28N2O4/c1-5-24-17(22)15-9-10-21(18(23)25-19(2,3)4)12-16(15)13-7-6-8-14(20)11-13/h6-8,11,15-16H,5,9-10,12,20H2,1-4H3/t15-,16-/m0/s1. The molecule has 1 aliphatic rings. The van der Waals surface area contributed by atoms with Gasteiger partial charge in [-0.25, -0.2) is 4.79 Å². The van der Waals surface area contributed by atoms with Crippen molar-refractivity contribution < 1.29 is 19.1 Å². The molecule has 2 atom stereocenters. The summed E-state index contributed by atoms with van der Waals surface area (Å²) < 4.78 is 10.7. The first-order valence-corrected chi connectivity index (χ1v) is 8.71. The number of carbonyl (C=O) groups is 2. The fourth-order valence-corrected chi connectivity index (χ4v) is 3.10. The number of piperidine rings is 1. The van der Waals surface area contributed by atoms with E-state index in [0.29, 0.717) is 31.8 Å². The normalized spacial score (nSPS) is 20.9. The van der Waals surface area contributed by atoms with Crippen LogP contribution in [-0.2, 0) is 14.3 Å². The number of esters is 1. The van der Waals surface area contributed by atoms with Gasteiger partial charge in [0.1, 0.15) is 5.60 Å². The van der Waals surface area contributed by atoms with Gasteiger partial charge in [-0.2, -0.15) is 0 Å². The van der Waals surface area contributed by atoms with Gasteiger partial charge in [0.25, 0.3) is 0 Å². The van der Waals surface area contributed by atoms with Crippen LogP contribution in [0, 0.1) is 5.92 Å². The second-order valence-electron chi connectivity index (χ2n) is 7.35. The van der Waals surface area contributed by atoms with Crippen LogP contribution in [0.15, 0.2) is 24.3 Å². The van der Waals surface area contributed by atoms with Gasteiger partial charge in [0.05, 0.1) is 12.5 Å². The zero-order valence-electron chi connectivity index (χ0n) is 15.5. The van der Waals surface area contributed by atoms with Gasteiger partial charge < -0.3 is 20.1 Å². The lowest BCUT2D eigenvalue weighted by Gasteiger charge is -2.38. The molecule has 0 unspecified atom stereocenters. The summed E-state index contributed by atoms with van der Waals surface area (Å²) in [4.78, 5) is 26.5. The summed E-state index contributed by atoms with van der Waals surface area (Å²) in [7, 11) is 0. The van der Waals surface area contributed by atoms with Crippen LogP contribution in [0.4, 0.5) is 10.5 Å². The number of ether oxygens (including phenoxy) is 2. The molecule has 0 aliphatic carbocycles. The van der Waals surface area contributed by atoms with Gasteiger partial charge in [-0.05, 0) is 51.8 Å². The first-order chi connectivity index (χ1) is 11.7. The van der Waals surface area contributed by atoms with Gasteiger partial charge in [0, 0.05) is 24.7 Å². The summed E-state index contributed by atoms with van der Waals surface area (Å²) in [5.41, 5.74) is 6.92. The Labute approximate surface area is 149 Å². The molecule has 1 saturated heterocycles. The Kier molecular flexibility index (Phi) is 5.93. The summed E-state index contributed by atoms with van der Waals surface area (Å²) in [6.45, 7) is 8.53. The third kappa shape index (κ3) is 5.11. The number of nitrogens with two attached hydrogens (primary N) is 1. The number of amides is 1.